The van der Waals surface area contributed by atoms with Gasteiger partial charge in [-0.05, 0) is 71.8 Å². The fraction of sp³-hybridized carbons (Fsp3) is 0.766. The Morgan fingerprint density at radius 1 is 0.362 bits per heavy atom. The molecular weight excluding hydrogens is 905 g/mol. The van der Waals surface area contributed by atoms with Gasteiger partial charge in [0.2, 0.25) is 29.5 Å². The topological polar surface area (TPSA) is 361 Å². The van der Waals surface area contributed by atoms with Gasteiger partial charge in [-0.1, -0.05) is 77.0 Å². The summed E-state index contributed by atoms with van der Waals surface area (Å²) < 4.78 is 0. The molecule has 0 spiro atoms. The molecule has 0 aliphatic heterocycles. The maximum atomic E-state index is 12.7. The molecule has 0 aromatic carbocycles. The van der Waals surface area contributed by atoms with Gasteiger partial charge in [-0.2, -0.15) is 0 Å². The van der Waals surface area contributed by atoms with Crippen LogP contribution in [0, 0.1) is 0 Å². The number of likely N-dealkylation sites (N-methyl/N-ethyl adjacent to an activating group) is 1. The van der Waals surface area contributed by atoms with Crippen LogP contribution in [0.1, 0.15) is 187 Å². The largest absolute Gasteiger partial charge is 0.481 e. The zero-order valence-corrected chi connectivity index (χ0v) is 40.6. The van der Waals surface area contributed by atoms with Crippen LogP contribution in [-0.4, -0.2) is 134 Å². The Hall–Kier alpha value is -5.67. The third kappa shape index (κ3) is 36.0. The molecule has 0 aromatic heterocycles. The molecular formula is C47H80N6O16. The Balaban J connectivity index is 4.65. The minimum absolute atomic E-state index is 0.00195. The number of carbonyl (C=O) groups excluding carboxylic acids is 6. The molecule has 5 unspecified atom stereocenters. The van der Waals surface area contributed by atoms with Gasteiger partial charge in [-0.3, -0.25) is 38.4 Å². The number of hydrogen-bond donors (Lipinski definition) is 11. The molecule has 0 aromatic rings. The van der Waals surface area contributed by atoms with E-state index in [0.717, 1.165) is 70.6 Å². The number of nitrogens with one attached hydrogen (secondary N) is 6. The molecule has 69 heavy (non-hydrogen) atoms. The smallest absolute Gasteiger partial charge is 0.326 e. The van der Waals surface area contributed by atoms with Gasteiger partial charge in [0.15, 0.2) is 0 Å². The first-order valence-electron chi connectivity index (χ1n) is 24.5. The normalized spacial score (nSPS) is 13.1. The van der Waals surface area contributed by atoms with Crippen LogP contribution in [0.3, 0.4) is 0 Å². The zero-order chi connectivity index (χ0) is 52.0. The van der Waals surface area contributed by atoms with Gasteiger partial charge < -0.3 is 57.4 Å². The van der Waals surface area contributed by atoms with Crippen molar-refractivity contribution in [2.24, 2.45) is 0 Å². The summed E-state index contributed by atoms with van der Waals surface area (Å²) in [6.07, 6.45) is 12.9. The van der Waals surface area contributed by atoms with Gasteiger partial charge in [-0.15, -0.1) is 0 Å². The lowest BCUT2D eigenvalue weighted by Crippen LogP contribution is -2.45. The Morgan fingerprint density at radius 2 is 0.725 bits per heavy atom. The summed E-state index contributed by atoms with van der Waals surface area (Å²) >= 11 is 0. The van der Waals surface area contributed by atoms with Crippen LogP contribution in [0.25, 0.3) is 0 Å². The lowest BCUT2D eigenvalue weighted by Gasteiger charge is -2.19. The highest BCUT2D eigenvalue weighted by Gasteiger charge is 2.26. The molecule has 5 atom stereocenters. The van der Waals surface area contributed by atoms with Crippen molar-refractivity contribution in [3.05, 3.63) is 0 Å². The Bertz CT molecular complexity index is 1630. The third-order valence-electron chi connectivity index (χ3n) is 11.5. The van der Waals surface area contributed by atoms with Crippen molar-refractivity contribution in [2.75, 3.05) is 13.6 Å². The summed E-state index contributed by atoms with van der Waals surface area (Å²) in [5.74, 6) is -9.70. The van der Waals surface area contributed by atoms with Crippen molar-refractivity contribution >= 4 is 65.2 Å². The van der Waals surface area contributed by atoms with Crippen LogP contribution in [-0.2, 0) is 52.7 Å². The first-order valence-corrected chi connectivity index (χ1v) is 24.5. The number of carboxylic acids is 5. The predicted molar refractivity (Wildman–Crippen MR) is 252 cm³/mol. The highest BCUT2D eigenvalue weighted by Crippen LogP contribution is 2.15. The van der Waals surface area contributed by atoms with Crippen molar-refractivity contribution in [2.45, 2.75) is 217 Å². The van der Waals surface area contributed by atoms with Crippen molar-refractivity contribution in [3.63, 3.8) is 0 Å². The number of aliphatic carboxylic acids is 5. The van der Waals surface area contributed by atoms with E-state index in [2.05, 4.69) is 31.9 Å². The van der Waals surface area contributed by atoms with Crippen molar-refractivity contribution in [1.29, 1.82) is 0 Å². The molecule has 0 aliphatic rings. The van der Waals surface area contributed by atoms with Gasteiger partial charge in [0.25, 0.3) is 0 Å². The SMILES string of the molecule is CNC(CCCCNC(=O)CCC(NC(=O)CCC(NC(=O)CCC(CC(=O)O)NC(=O)CCC(NC(=O)CCCCCCCCCCCCCCCCC(=O)O)C(=O)O)C(=O)O)C(=O)O)C(C)=O. The van der Waals surface area contributed by atoms with E-state index in [-0.39, 0.29) is 50.4 Å². The minimum Gasteiger partial charge on any atom is -0.481 e. The van der Waals surface area contributed by atoms with Crippen molar-refractivity contribution in [3.8, 4) is 0 Å². The molecule has 394 valence electrons. The molecule has 5 amide bonds. The Kier molecular flexibility index (Phi) is 36.0. The number of carbonyl (C=O) groups is 11. The lowest BCUT2D eigenvalue weighted by atomic mass is 10.0. The summed E-state index contributed by atoms with van der Waals surface area (Å²) in [4.78, 5) is 132. The molecule has 0 aliphatic carbocycles. The van der Waals surface area contributed by atoms with E-state index >= 15 is 0 Å². The summed E-state index contributed by atoms with van der Waals surface area (Å²) in [6.45, 7) is 1.78. The third-order valence-corrected chi connectivity index (χ3v) is 11.5. The van der Waals surface area contributed by atoms with Gasteiger partial charge in [0, 0.05) is 51.1 Å². The highest BCUT2D eigenvalue weighted by molar-refractivity contribution is 5.87. The summed E-state index contributed by atoms with van der Waals surface area (Å²) in [5, 5.41) is 61.8. The molecule has 22 nitrogen and oxygen atoms in total. The lowest BCUT2D eigenvalue weighted by molar-refractivity contribution is -0.143. The van der Waals surface area contributed by atoms with E-state index in [9.17, 15) is 73.2 Å². The number of hydrogen-bond acceptors (Lipinski definition) is 12. The fourth-order valence-corrected chi connectivity index (χ4v) is 7.46. The average molecular weight is 985 g/mol. The zero-order valence-electron chi connectivity index (χ0n) is 40.6. The fourth-order valence-electron chi connectivity index (χ4n) is 7.46. The summed E-state index contributed by atoms with van der Waals surface area (Å²) in [5.41, 5.74) is 0. The number of rotatable bonds is 45. The van der Waals surface area contributed by atoms with Crippen LogP contribution >= 0.6 is 0 Å². The maximum Gasteiger partial charge on any atom is 0.326 e. The van der Waals surface area contributed by atoms with E-state index in [4.69, 9.17) is 5.11 Å². The van der Waals surface area contributed by atoms with Crippen molar-refractivity contribution < 1.29 is 78.3 Å². The van der Waals surface area contributed by atoms with Crippen LogP contribution in [0.15, 0.2) is 0 Å². The maximum absolute atomic E-state index is 12.7. The van der Waals surface area contributed by atoms with Crippen LogP contribution in [0.2, 0.25) is 0 Å². The predicted octanol–water partition coefficient (Wildman–Crippen LogP) is 3.56. The standard InChI is InChI=1S/C47H80N6O16/c1-32(54)34(48-2)19-17-18-30-49-38(55)27-23-35(45(64)65)53-42(59)29-25-37(47(68)69)52-41(58)26-22-33(31-44(62)63)50-40(57)28-24-36(46(66)67)51-39(56)20-15-13-11-9-7-5-3-4-6-8-10-12-14-16-21-43(60)61/h33-37,48H,3-31H2,1-2H3,(H,49,55)(H,50,57)(H,51,56)(H,52,58)(H,53,59)(H,60,61)(H,62,63)(H,64,65)(H,66,67)(H,68,69). The molecule has 0 rings (SSSR count). The number of carboxylic acid groups (broad SMARTS) is 5. The molecule has 0 heterocycles. The van der Waals surface area contributed by atoms with E-state index in [0.29, 0.717) is 32.2 Å². The molecule has 0 radical (unpaired) electrons. The van der Waals surface area contributed by atoms with E-state index in [1.807, 2.05) is 0 Å². The Labute approximate surface area is 405 Å². The van der Waals surface area contributed by atoms with Gasteiger partial charge >= 0.3 is 29.8 Å². The summed E-state index contributed by atoms with van der Waals surface area (Å²) in [7, 11) is 1.68. The molecule has 11 N–H and O–H groups in total. The molecule has 0 bridgehead atoms. The van der Waals surface area contributed by atoms with Crippen LogP contribution < -0.4 is 31.9 Å². The molecule has 22 heteroatoms. The van der Waals surface area contributed by atoms with E-state index in [1.54, 1.807) is 7.05 Å². The van der Waals surface area contributed by atoms with E-state index < -0.39 is 116 Å². The van der Waals surface area contributed by atoms with Crippen molar-refractivity contribution in [1.82, 2.24) is 31.9 Å². The monoisotopic (exact) mass is 985 g/mol. The van der Waals surface area contributed by atoms with Crippen LogP contribution in [0.5, 0.6) is 0 Å². The Morgan fingerprint density at radius 3 is 1.10 bits per heavy atom. The molecule has 0 fully saturated rings. The van der Waals surface area contributed by atoms with Gasteiger partial charge in [0.1, 0.15) is 23.9 Å². The van der Waals surface area contributed by atoms with Gasteiger partial charge in [-0.25, -0.2) is 14.4 Å². The quantitative estimate of drug-likeness (QED) is 0.0389. The second-order valence-corrected chi connectivity index (χ2v) is 17.5. The van der Waals surface area contributed by atoms with E-state index in [1.165, 1.54) is 19.8 Å². The minimum atomic E-state index is -1.59. The summed E-state index contributed by atoms with van der Waals surface area (Å²) in [6, 6.07) is -5.81. The molecule has 0 saturated heterocycles. The second-order valence-electron chi connectivity index (χ2n) is 17.5. The first-order chi connectivity index (χ1) is 32.7. The van der Waals surface area contributed by atoms with Gasteiger partial charge in [0.05, 0.1) is 12.5 Å². The highest BCUT2D eigenvalue weighted by atomic mass is 16.4. The average Bonchev–Trinajstić information content (AvgIpc) is 3.27. The van der Waals surface area contributed by atoms with Crippen LogP contribution in [0.4, 0.5) is 0 Å². The number of Topliss-reactive ketones (excluding diaryl/α,β-unsaturated/α-hetero) is 1. The molecule has 0 saturated carbocycles. The first kappa shape index (κ1) is 63.3. The second kappa shape index (κ2) is 39.2. The number of ketones is 1. The number of unbranched alkanes of at least 4 members (excludes halogenated alkanes) is 14. The number of amides is 5.